The molecule has 0 radical (unpaired) electrons. The molecule has 8 heteroatoms. The van der Waals surface area contributed by atoms with Crippen molar-refractivity contribution in [2.24, 2.45) is 0 Å². The molecule has 1 heterocycles. The van der Waals surface area contributed by atoms with Gasteiger partial charge >= 0.3 is 0 Å². The molecule has 1 atom stereocenters. The number of amides is 1. The molecule has 0 bridgehead atoms. The smallest absolute Gasteiger partial charge is 0.227 e. The largest absolute Gasteiger partial charge is 0.493 e. The summed E-state index contributed by atoms with van der Waals surface area (Å²) >= 11 is 0. The van der Waals surface area contributed by atoms with Gasteiger partial charge in [0.2, 0.25) is 5.91 Å². The lowest BCUT2D eigenvalue weighted by Crippen LogP contribution is -2.39. The Kier molecular flexibility index (Phi) is 7.38. The van der Waals surface area contributed by atoms with Gasteiger partial charge in [-0.15, -0.1) is 0 Å². The molecule has 1 unspecified atom stereocenters. The Bertz CT molecular complexity index is 1120. The monoisotopic (exact) mass is 481 g/mol. The summed E-state index contributed by atoms with van der Waals surface area (Å²) in [6, 6.07) is 7.90. The highest BCUT2D eigenvalue weighted by molar-refractivity contribution is 5.89. The number of hydrogen-bond acceptors (Lipinski definition) is 6. The van der Waals surface area contributed by atoms with Gasteiger partial charge in [-0.05, 0) is 65.8 Å². The molecule has 4 rings (SSSR count). The SMILES string of the molecule is COc1cc2c(cc1OC)CC(=O)N(CCCN(C)C(=N)C1Cc3cc(OC)c(OC)cc31)CC2. The third-order valence-electron chi connectivity index (χ3n) is 7.16. The molecule has 2 aliphatic rings. The minimum Gasteiger partial charge on any atom is -0.493 e. The molecule has 35 heavy (non-hydrogen) atoms. The Morgan fingerprint density at radius 2 is 1.51 bits per heavy atom. The molecular weight excluding hydrogens is 446 g/mol. The number of carbonyl (C=O) groups is 1. The number of hydrogen-bond donors (Lipinski definition) is 1. The lowest BCUT2D eigenvalue weighted by molar-refractivity contribution is -0.130. The van der Waals surface area contributed by atoms with Gasteiger partial charge in [-0.2, -0.15) is 0 Å². The van der Waals surface area contributed by atoms with Crippen molar-refractivity contribution in [2.45, 2.75) is 31.6 Å². The number of nitrogens with zero attached hydrogens (tertiary/aromatic N) is 2. The number of nitrogens with one attached hydrogen (secondary N) is 1. The number of methoxy groups -OCH3 is 4. The van der Waals surface area contributed by atoms with Crippen LogP contribution in [0.4, 0.5) is 0 Å². The minimum atomic E-state index is 0.0640. The Hall–Kier alpha value is -3.42. The molecule has 1 aliphatic heterocycles. The lowest BCUT2D eigenvalue weighted by atomic mass is 9.76. The van der Waals surface area contributed by atoms with E-state index in [9.17, 15) is 4.79 Å². The number of ether oxygens (including phenoxy) is 4. The first-order chi connectivity index (χ1) is 16.9. The normalized spacial score (nSPS) is 16.4. The van der Waals surface area contributed by atoms with Gasteiger partial charge in [-0.3, -0.25) is 10.2 Å². The molecule has 0 saturated carbocycles. The van der Waals surface area contributed by atoms with Gasteiger partial charge in [-0.1, -0.05) is 0 Å². The quantitative estimate of drug-likeness (QED) is 0.437. The van der Waals surface area contributed by atoms with E-state index in [2.05, 4.69) is 0 Å². The summed E-state index contributed by atoms with van der Waals surface area (Å²) in [6.45, 7) is 2.07. The Morgan fingerprint density at radius 1 is 0.943 bits per heavy atom. The first-order valence-electron chi connectivity index (χ1n) is 12.0. The van der Waals surface area contributed by atoms with E-state index in [1.807, 2.05) is 41.1 Å². The summed E-state index contributed by atoms with van der Waals surface area (Å²) in [5.74, 6) is 3.56. The predicted octanol–water partition coefficient (Wildman–Crippen LogP) is 3.29. The third kappa shape index (κ3) is 4.88. The molecule has 2 aromatic carbocycles. The predicted molar refractivity (Wildman–Crippen MR) is 134 cm³/mol. The van der Waals surface area contributed by atoms with Gasteiger partial charge in [0.15, 0.2) is 23.0 Å². The van der Waals surface area contributed by atoms with Gasteiger partial charge in [0.05, 0.1) is 34.9 Å². The number of carbonyl (C=O) groups excluding carboxylic acids is 1. The average Bonchev–Trinajstić information content (AvgIpc) is 3.01. The van der Waals surface area contributed by atoms with E-state index >= 15 is 0 Å². The summed E-state index contributed by atoms with van der Waals surface area (Å²) in [5, 5.41) is 8.72. The molecule has 0 spiro atoms. The number of likely N-dealkylation sites (N-methyl/N-ethyl adjacent to an activating group) is 1. The van der Waals surface area contributed by atoms with Gasteiger partial charge in [0.1, 0.15) is 5.84 Å². The molecule has 0 aromatic heterocycles. The molecule has 2 aromatic rings. The first kappa shape index (κ1) is 24.7. The zero-order chi connectivity index (χ0) is 25.1. The fraction of sp³-hybridized carbons (Fsp3) is 0.481. The third-order valence-corrected chi connectivity index (χ3v) is 7.16. The van der Waals surface area contributed by atoms with E-state index < -0.39 is 0 Å². The fourth-order valence-corrected chi connectivity index (χ4v) is 5.02. The van der Waals surface area contributed by atoms with Crippen LogP contribution in [0.3, 0.4) is 0 Å². The van der Waals surface area contributed by atoms with Crippen molar-refractivity contribution < 1.29 is 23.7 Å². The van der Waals surface area contributed by atoms with E-state index in [1.54, 1.807) is 28.4 Å². The second kappa shape index (κ2) is 10.5. The topological polar surface area (TPSA) is 84.3 Å². The maximum atomic E-state index is 12.9. The Balaban J connectivity index is 1.32. The highest BCUT2D eigenvalue weighted by atomic mass is 16.5. The zero-order valence-corrected chi connectivity index (χ0v) is 21.3. The molecule has 1 N–H and O–H groups in total. The van der Waals surface area contributed by atoms with E-state index in [0.717, 1.165) is 48.2 Å². The molecule has 8 nitrogen and oxygen atoms in total. The molecular formula is C27H35N3O5. The average molecular weight is 482 g/mol. The van der Waals surface area contributed by atoms with Crippen LogP contribution >= 0.6 is 0 Å². The summed E-state index contributed by atoms with van der Waals surface area (Å²) in [7, 11) is 8.46. The van der Waals surface area contributed by atoms with E-state index in [0.29, 0.717) is 42.6 Å². The highest BCUT2D eigenvalue weighted by Gasteiger charge is 2.33. The van der Waals surface area contributed by atoms with Crippen LogP contribution in [0.25, 0.3) is 0 Å². The number of amidine groups is 1. The first-order valence-corrected chi connectivity index (χ1v) is 12.0. The van der Waals surface area contributed by atoms with Crippen molar-refractivity contribution in [3.63, 3.8) is 0 Å². The number of benzene rings is 2. The standard InChI is InChI=1S/C27H35N3O5/c1-29(27(28)21-11-19-14-24(34-4)25(35-5)16-20(19)21)8-6-9-30-10-7-17-12-22(32-2)23(33-3)13-18(17)15-26(30)31/h12-14,16,21,28H,6-11,15H2,1-5H3. The van der Waals surface area contributed by atoms with Crippen molar-refractivity contribution in [3.8, 4) is 23.0 Å². The summed E-state index contributed by atoms with van der Waals surface area (Å²) in [4.78, 5) is 16.9. The van der Waals surface area contributed by atoms with Crippen LogP contribution in [0, 0.1) is 5.41 Å². The second-order valence-corrected chi connectivity index (χ2v) is 9.11. The minimum absolute atomic E-state index is 0.0640. The molecule has 188 valence electrons. The summed E-state index contributed by atoms with van der Waals surface area (Å²) < 4.78 is 21.7. The van der Waals surface area contributed by atoms with Gasteiger partial charge in [-0.25, -0.2) is 0 Å². The number of rotatable bonds is 9. The summed E-state index contributed by atoms with van der Waals surface area (Å²) in [5.41, 5.74) is 4.47. The lowest BCUT2D eigenvalue weighted by Gasteiger charge is -2.35. The number of fused-ring (bicyclic) bond motifs is 2. The van der Waals surface area contributed by atoms with E-state index in [-0.39, 0.29) is 11.8 Å². The van der Waals surface area contributed by atoms with Crippen molar-refractivity contribution in [3.05, 3.63) is 46.5 Å². The maximum Gasteiger partial charge on any atom is 0.227 e. The van der Waals surface area contributed by atoms with Crippen molar-refractivity contribution in [2.75, 3.05) is 55.1 Å². The Labute approximate surface area is 207 Å². The van der Waals surface area contributed by atoms with Crippen LogP contribution in [0.15, 0.2) is 24.3 Å². The van der Waals surface area contributed by atoms with Crippen molar-refractivity contribution in [1.29, 1.82) is 5.41 Å². The van der Waals surface area contributed by atoms with Crippen molar-refractivity contribution in [1.82, 2.24) is 9.80 Å². The maximum absolute atomic E-state index is 12.9. The van der Waals surface area contributed by atoms with E-state index in [1.165, 1.54) is 5.56 Å². The van der Waals surface area contributed by atoms with Crippen LogP contribution in [-0.4, -0.2) is 76.7 Å². The van der Waals surface area contributed by atoms with Gasteiger partial charge in [0.25, 0.3) is 0 Å². The molecule has 1 amide bonds. The van der Waals surface area contributed by atoms with E-state index in [4.69, 9.17) is 24.4 Å². The fourth-order valence-electron chi connectivity index (χ4n) is 5.02. The van der Waals surface area contributed by atoms with Crippen molar-refractivity contribution >= 4 is 11.7 Å². The van der Waals surface area contributed by atoms with Gasteiger partial charge in [0, 0.05) is 32.6 Å². The molecule has 1 aliphatic carbocycles. The Morgan fingerprint density at radius 3 is 2.14 bits per heavy atom. The van der Waals surface area contributed by atoms with Crippen LogP contribution in [0.5, 0.6) is 23.0 Å². The van der Waals surface area contributed by atoms with Crippen LogP contribution in [0.2, 0.25) is 0 Å². The molecule has 0 fully saturated rings. The van der Waals surface area contributed by atoms with Crippen LogP contribution < -0.4 is 18.9 Å². The molecule has 0 saturated heterocycles. The highest BCUT2D eigenvalue weighted by Crippen LogP contribution is 2.43. The van der Waals surface area contributed by atoms with Crippen LogP contribution in [-0.2, 0) is 24.1 Å². The van der Waals surface area contributed by atoms with Crippen LogP contribution in [0.1, 0.15) is 34.6 Å². The second-order valence-electron chi connectivity index (χ2n) is 9.11. The van der Waals surface area contributed by atoms with Gasteiger partial charge < -0.3 is 28.7 Å². The summed E-state index contributed by atoms with van der Waals surface area (Å²) in [6.07, 6.45) is 2.79. The zero-order valence-electron chi connectivity index (χ0n) is 21.3.